The zero-order valence-electron chi connectivity index (χ0n) is 10.4. The molecule has 1 aromatic rings. The van der Waals surface area contributed by atoms with Crippen LogP contribution in [0.1, 0.15) is 12.0 Å². The summed E-state index contributed by atoms with van der Waals surface area (Å²) in [5.74, 6) is 0.610. The molecular formula is C12H18ClNO3S. The summed E-state index contributed by atoms with van der Waals surface area (Å²) in [4.78, 5) is 0.272. The van der Waals surface area contributed by atoms with Crippen LogP contribution in [0.5, 0.6) is 0 Å². The van der Waals surface area contributed by atoms with Gasteiger partial charge in [-0.1, -0.05) is 12.1 Å². The van der Waals surface area contributed by atoms with Crippen molar-refractivity contribution in [3.05, 3.63) is 29.8 Å². The van der Waals surface area contributed by atoms with E-state index in [1.807, 2.05) is 12.1 Å². The number of alkyl halides is 1. The first-order valence-electron chi connectivity index (χ1n) is 5.73. The molecule has 0 spiro atoms. The van der Waals surface area contributed by atoms with Gasteiger partial charge in [-0.15, -0.1) is 11.6 Å². The Bertz CT molecular complexity index is 445. The van der Waals surface area contributed by atoms with Gasteiger partial charge in [-0.2, -0.15) is 0 Å². The van der Waals surface area contributed by atoms with Crippen LogP contribution in [0.4, 0.5) is 0 Å². The minimum atomic E-state index is -3.43. The van der Waals surface area contributed by atoms with Crippen LogP contribution in [-0.2, 0) is 21.2 Å². The molecule has 6 heteroatoms. The van der Waals surface area contributed by atoms with E-state index < -0.39 is 10.0 Å². The Labute approximate surface area is 113 Å². The zero-order valence-corrected chi connectivity index (χ0v) is 11.9. The number of benzene rings is 1. The van der Waals surface area contributed by atoms with Gasteiger partial charge in [0.15, 0.2) is 0 Å². The number of nitrogens with one attached hydrogen (secondary N) is 1. The molecule has 1 rings (SSSR count). The third-order valence-electron chi connectivity index (χ3n) is 2.43. The van der Waals surface area contributed by atoms with E-state index in [1.165, 1.54) is 7.11 Å². The zero-order chi connectivity index (χ0) is 13.4. The Morgan fingerprint density at radius 2 is 1.94 bits per heavy atom. The van der Waals surface area contributed by atoms with Crippen LogP contribution >= 0.6 is 11.6 Å². The highest BCUT2D eigenvalue weighted by Gasteiger charge is 2.12. The molecule has 18 heavy (non-hydrogen) atoms. The monoisotopic (exact) mass is 291 g/mol. The lowest BCUT2D eigenvalue weighted by atomic mass is 10.1. The molecule has 0 fully saturated rings. The van der Waals surface area contributed by atoms with Gasteiger partial charge in [0.2, 0.25) is 10.0 Å². The lowest BCUT2D eigenvalue weighted by molar-refractivity contribution is 0.204. The van der Waals surface area contributed by atoms with Crippen LogP contribution in [0.15, 0.2) is 29.2 Å². The number of aryl methyl sites for hydroxylation is 1. The normalized spacial score (nSPS) is 11.7. The maximum absolute atomic E-state index is 11.8. The van der Waals surface area contributed by atoms with Crippen LogP contribution in [0.2, 0.25) is 0 Å². The van der Waals surface area contributed by atoms with E-state index in [9.17, 15) is 8.42 Å². The van der Waals surface area contributed by atoms with Gasteiger partial charge in [-0.25, -0.2) is 13.1 Å². The molecule has 0 unspecified atom stereocenters. The summed E-state index contributed by atoms with van der Waals surface area (Å²) in [6.45, 7) is 0.625. The van der Waals surface area contributed by atoms with Crippen molar-refractivity contribution in [1.29, 1.82) is 0 Å². The van der Waals surface area contributed by atoms with E-state index in [1.54, 1.807) is 12.1 Å². The number of rotatable bonds is 8. The molecule has 0 saturated heterocycles. The molecule has 0 aliphatic carbocycles. The van der Waals surface area contributed by atoms with Gasteiger partial charge in [0.05, 0.1) is 11.5 Å². The molecular weight excluding hydrogens is 274 g/mol. The van der Waals surface area contributed by atoms with Crippen molar-refractivity contribution in [3.8, 4) is 0 Å². The van der Waals surface area contributed by atoms with E-state index in [0.717, 1.165) is 18.4 Å². The summed E-state index contributed by atoms with van der Waals surface area (Å²) in [7, 11) is -1.90. The molecule has 0 radical (unpaired) electrons. The van der Waals surface area contributed by atoms with Crippen LogP contribution in [0.3, 0.4) is 0 Å². The van der Waals surface area contributed by atoms with E-state index in [-0.39, 0.29) is 11.4 Å². The quantitative estimate of drug-likeness (QED) is 0.587. The first-order chi connectivity index (χ1) is 8.60. The third kappa shape index (κ3) is 4.94. The van der Waals surface area contributed by atoms with Gasteiger partial charge in [0.25, 0.3) is 0 Å². The molecule has 4 nitrogen and oxygen atoms in total. The minimum absolute atomic E-state index is 0.271. The van der Waals surface area contributed by atoms with E-state index >= 15 is 0 Å². The van der Waals surface area contributed by atoms with E-state index in [2.05, 4.69) is 4.72 Å². The SMILES string of the molecule is COCCNS(=O)(=O)c1ccc(CCCCl)cc1. The van der Waals surface area contributed by atoms with Crippen LogP contribution in [0, 0.1) is 0 Å². The summed E-state index contributed by atoms with van der Waals surface area (Å²) in [5, 5.41) is 0. The average molecular weight is 292 g/mol. The Morgan fingerprint density at radius 3 is 2.50 bits per heavy atom. The lowest BCUT2D eigenvalue weighted by Gasteiger charge is -2.07. The molecule has 0 aliphatic rings. The highest BCUT2D eigenvalue weighted by Crippen LogP contribution is 2.11. The van der Waals surface area contributed by atoms with Gasteiger partial charge in [0.1, 0.15) is 0 Å². The molecule has 0 heterocycles. The second kappa shape index (κ2) is 7.74. The van der Waals surface area contributed by atoms with Crippen molar-refractivity contribution in [2.75, 3.05) is 26.1 Å². The standard InChI is InChI=1S/C12H18ClNO3S/c1-17-10-9-14-18(15,16)12-6-4-11(5-7-12)3-2-8-13/h4-7,14H,2-3,8-10H2,1H3. The predicted octanol–water partition coefficient (Wildman–Crippen LogP) is 1.78. The molecule has 102 valence electrons. The highest BCUT2D eigenvalue weighted by molar-refractivity contribution is 7.89. The Morgan fingerprint density at radius 1 is 1.28 bits per heavy atom. The minimum Gasteiger partial charge on any atom is -0.383 e. The second-order valence-corrected chi connectivity index (χ2v) is 5.97. The molecule has 0 aliphatic heterocycles. The maximum Gasteiger partial charge on any atom is 0.240 e. The number of ether oxygens (including phenoxy) is 1. The Kier molecular flexibility index (Phi) is 6.63. The summed E-state index contributed by atoms with van der Waals surface area (Å²) in [6.07, 6.45) is 1.75. The van der Waals surface area contributed by atoms with Crippen molar-refractivity contribution in [2.24, 2.45) is 0 Å². The third-order valence-corrected chi connectivity index (χ3v) is 4.18. The van der Waals surface area contributed by atoms with E-state index in [0.29, 0.717) is 12.5 Å². The first kappa shape index (κ1) is 15.4. The fraction of sp³-hybridized carbons (Fsp3) is 0.500. The van der Waals surface area contributed by atoms with Crippen LogP contribution < -0.4 is 4.72 Å². The van der Waals surface area contributed by atoms with Crippen molar-refractivity contribution in [2.45, 2.75) is 17.7 Å². The molecule has 1 aromatic carbocycles. The average Bonchev–Trinajstić information content (AvgIpc) is 2.37. The molecule has 0 bridgehead atoms. The van der Waals surface area contributed by atoms with Gasteiger partial charge >= 0.3 is 0 Å². The largest absolute Gasteiger partial charge is 0.383 e. The Hall–Kier alpha value is -0.620. The predicted molar refractivity (Wildman–Crippen MR) is 72.5 cm³/mol. The van der Waals surface area contributed by atoms with Gasteiger partial charge in [-0.3, -0.25) is 0 Å². The number of sulfonamides is 1. The van der Waals surface area contributed by atoms with Crippen molar-refractivity contribution < 1.29 is 13.2 Å². The fourth-order valence-corrected chi connectivity index (χ4v) is 2.61. The molecule has 0 aromatic heterocycles. The highest BCUT2D eigenvalue weighted by atomic mass is 35.5. The van der Waals surface area contributed by atoms with Gasteiger partial charge < -0.3 is 4.74 Å². The fourth-order valence-electron chi connectivity index (χ4n) is 1.47. The van der Waals surface area contributed by atoms with Gasteiger partial charge in [-0.05, 0) is 30.5 Å². The van der Waals surface area contributed by atoms with Crippen molar-refractivity contribution >= 4 is 21.6 Å². The summed E-state index contributed by atoms with van der Waals surface area (Å²) in [6, 6.07) is 6.85. The second-order valence-electron chi connectivity index (χ2n) is 3.83. The van der Waals surface area contributed by atoms with Crippen LogP contribution in [0.25, 0.3) is 0 Å². The number of hydrogen-bond donors (Lipinski definition) is 1. The van der Waals surface area contributed by atoms with Crippen LogP contribution in [-0.4, -0.2) is 34.6 Å². The smallest absolute Gasteiger partial charge is 0.240 e. The van der Waals surface area contributed by atoms with E-state index in [4.69, 9.17) is 16.3 Å². The summed E-state index contributed by atoms with van der Waals surface area (Å²) >= 11 is 5.61. The maximum atomic E-state index is 11.8. The number of halogens is 1. The van der Waals surface area contributed by atoms with Crippen molar-refractivity contribution in [3.63, 3.8) is 0 Å². The molecule has 1 N–H and O–H groups in total. The molecule has 0 amide bonds. The lowest BCUT2D eigenvalue weighted by Crippen LogP contribution is -2.27. The van der Waals surface area contributed by atoms with Crippen molar-refractivity contribution in [1.82, 2.24) is 4.72 Å². The Balaban J connectivity index is 2.65. The summed E-state index contributed by atoms with van der Waals surface area (Å²) < 4.78 is 31.0. The van der Waals surface area contributed by atoms with Gasteiger partial charge in [0, 0.05) is 19.5 Å². The number of hydrogen-bond acceptors (Lipinski definition) is 3. The topological polar surface area (TPSA) is 55.4 Å². The number of methoxy groups -OCH3 is 1. The molecule has 0 atom stereocenters. The first-order valence-corrected chi connectivity index (χ1v) is 7.75. The molecule has 0 saturated carbocycles. The summed E-state index contributed by atoms with van der Waals surface area (Å²) in [5.41, 5.74) is 1.09.